The summed E-state index contributed by atoms with van der Waals surface area (Å²) < 4.78 is 32.3. The van der Waals surface area contributed by atoms with Gasteiger partial charge in [0.05, 0.1) is 28.2 Å². The standard InChI is InChI=1S/C17H17N3O4S/c1-3-24-17(21)16-18-14-9-6-12(10-15(14)19-16)20-25(22,23)13-7-4-11(2)5-8-13/h4-10,20H,3H2,1-2H3,(H,18,19). The molecule has 0 bridgehead atoms. The predicted octanol–water partition coefficient (Wildman–Crippen LogP) is 2.85. The largest absolute Gasteiger partial charge is 0.460 e. The molecule has 0 aliphatic rings. The third-order valence-electron chi connectivity index (χ3n) is 3.53. The molecule has 1 heterocycles. The minimum absolute atomic E-state index is 0.0791. The smallest absolute Gasteiger partial charge is 0.374 e. The molecule has 2 aromatic carbocycles. The Bertz CT molecular complexity index is 1020. The van der Waals surface area contributed by atoms with E-state index in [2.05, 4.69) is 14.7 Å². The number of rotatable bonds is 5. The fraction of sp³-hybridized carbons (Fsp3) is 0.176. The number of hydrogen-bond acceptors (Lipinski definition) is 5. The molecular weight excluding hydrogens is 342 g/mol. The summed E-state index contributed by atoms with van der Waals surface area (Å²) in [6, 6.07) is 11.4. The predicted molar refractivity (Wildman–Crippen MR) is 94.0 cm³/mol. The van der Waals surface area contributed by atoms with Gasteiger partial charge >= 0.3 is 5.97 Å². The first-order valence-corrected chi connectivity index (χ1v) is 9.14. The first kappa shape index (κ1) is 17.0. The van der Waals surface area contributed by atoms with Crippen molar-refractivity contribution in [2.75, 3.05) is 11.3 Å². The first-order chi connectivity index (χ1) is 11.9. The third kappa shape index (κ3) is 3.63. The molecule has 0 aliphatic heterocycles. The molecule has 1 aromatic heterocycles. The van der Waals surface area contributed by atoms with Crippen LogP contribution in [-0.2, 0) is 14.8 Å². The van der Waals surface area contributed by atoms with Crippen molar-refractivity contribution in [3.8, 4) is 0 Å². The van der Waals surface area contributed by atoms with E-state index in [4.69, 9.17) is 4.74 Å². The fourth-order valence-corrected chi connectivity index (χ4v) is 3.35. The van der Waals surface area contributed by atoms with Crippen molar-refractivity contribution in [1.29, 1.82) is 0 Å². The third-order valence-corrected chi connectivity index (χ3v) is 4.93. The van der Waals surface area contributed by atoms with Crippen molar-refractivity contribution in [2.45, 2.75) is 18.7 Å². The fourth-order valence-electron chi connectivity index (χ4n) is 2.30. The Morgan fingerprint density at radius 2 is 1.92 bits per heavy atom. The number of fused-ring (bicyclic) bond motifs is 1. The van der Waals surface area contributed by atoms with Crippen LogP contribution in [0, 0.1) is 6.92 Å². The monoisotopic (exact) mass is 359 g/mol. The number of carbonyl (C=O) groups is 1. The average molecular weight is 359 g/mol. The van der Waals surface area contributed by atoms with Crippen LogP contribution in [0.15, 0.2) is 47.4 Å². The van der Waals surface area contributed by atoms with Gasteiger partial charge in [0, 0.05) is 0 Å². The molecular formula is C17H17N3O4S. The lowest BCUT2D eigenvalue weighted by molar-refractivity contribution is 0.0513. The summed E-state index contributed by atoms with van der Waals surface area (Å²) in [4.78, 5) is 18.9. The summed E-state index contributed by atoms with van der Waals surface area (Å²) >= 11 is 0. The maximum Gasteiger partial charge on any atom is 0.374 e. The van der Waals surface area contributed by atoms with Crippen molar-refractivity contribution in [3.05, 3.63) is 53.9 Å². The van der Waals surface area contributed by atoms with E-state index in [1.165, 1.54) is 0 Å². The highest BCUT2D eigenvalue weighted by atomic mass is 32.2. The molecule has 0 atom stereocenters. The molecule has 0 fully saturated rings. The van der Waals surface area contributed by atoms with Gasteiger partial charge in [-0.25, -0.2) is 18.2 Å². The molecule has 3 aromatic rings. The van der Waals surface area contributed by atoms with E-state index in [-0.39, 0.29) is 17.3 Å². The molecule has 0 saturated heterocycles. The Balaban J connectivity index is 1.88. The van der Waals surface area contributed by atoms with Gasteiger partial charge in [0.25, 0.3) is 10.0 Å². The van der Waals surface area contributed by atoms with Crippen LogP contribution in [-0.4, -0.2) is 31.0 Å². The molecule has 7 nitrogen and oxygen atoms in total. The number of benzene rings is 2. The molecule has 25 heavy (non-hydrogen) atoms. The van der Waals surface area contributed by atoms with Gasteiger partial charge in [-0.3, -0.25) is 4.72 Å². The van der Waals surface area contributed by atoms with Crippen molar-refractivity contribution < 1.29 is 17.9 Å². The van der Waals surface area contributed by atoms with Crippen molar-refractivity contribution in [1.82, 2.24) is 9.97 Å². The van der Waals surface area contributed by atoms with Gasteiger partial charge < -0.3 is 9.72 Å². The minimum Gasteiger partial charge on any atom is -0.460 e. The molecule has 2 N–H and O–H groups in total. The summed E-state index contributed by atoms with van der Waals surface area (Å²) in [5.41, 5.74) is 2.42. The zero-order valence-corrected chi connectivity index (χ0v) is 14.6. The van der Waals surface area contributed by atoms with Crippen LogP contribution >= 0.6 is 0 Å². The summed E-state index contributed by atoms with van der Waals surface area (Å²) in [5.74, 6) is -0.476. The van der Waals surface area contributed by atoms with Crippen LogP contribution in [0.3, 0.4) is 0 Å². The molecule has 3 rings (SSSR count). The molecule has 0 aliphatic carbocycles. The molecule has 0 saturated carbocycles. The number of aromatic nitrogens is 2. The van der Waals surface area contributed by atoms with E-state index < -0.39 is 16.0 Å². The topological polar surface area (TPSA) is 101 Å². The highest BCUT2D eigenvalue weighted by Gasteiger charge is 2.16. The number of nitrogens with zero attached hydrogens (tertiary/aromatic N) is 1. The van der Waals surface area contributed by atoms with Crippen LogP contribution in [0.2, 0.25) is 0 Å². The minimum atomic E-state index is -3.69. The number of carbonyl (C=O) groups excluding carboxylic acids is 1. The number of ether oxygens (including phenoxy) is 1. The number of anilines is 1. The summed E-state index contributed by atoms with van der Waals surface area (Å²) in [6.07, 6.45) is 0. The van der Waals surface area contributed by atoms with Crippen LogP contribution in [0.1, 0.15) is 23.1 Å². The van der Waals surface area contributed by atoms with Gasteiger partial charge in [-0.2, -0.15) is 0 Å². The van der Waals surface area contributed by atoms with Crippen molar-refractivity contribution in [2.24, 2.45) is 0 Å². The number of esters is 1. The zero-order valence-electron chi connectivity index (χ0n) is 13.7. The lowest BCUT2D eigenvalue weighted by atomic mass is 10.2. The van der Waals surface area contributed by atoms with E-state index >= 15 is 0 Å². The maximum atomic E-state index is 12.4. The molecule has 0 radical (unpaired) electrons. The van der Waals surface area contributed by atoms with Gasteiger partial charge in [0.2, 0.25) is 5.82 Å². The van der Waals surface area contributed by atoms with Crippen LogP contribution < -0.4 is 4.72 Å². The van der Waals surface area contributed by atoms with Crippen molar-refractivity contribution >= 4 is 32.7 Å². The molecule has 8 heteroatoms. The first-order valence-electron chi connectivity index (χ1n) is 7.65. The second kappa shape index (κ2) is 6.56. The Kier molecular flexibility index (Phi) is 4.45. The quantitative estimate of drug-likeness (QED) is 0.682. The van der Waals surface area contributed by atoms with Gasteiger partial charge in [0.1, 0.15) is 0 Å². The average Bonchev–Trinajstić information content (AvgIpc) is 2.98. The zero-order chi connectivity index (χ0) is 18.0. The number of sulfonamides is 1. The number of H-pyrrole nitrogens is 1. The number of imidazole rings is 1. The van der Waals surface area contributed by atoms with E-state index in [1.54, 1.807) is 49.4 Å². The Hall–Kier alpha value is -2.87. The van der Waals surface area contributed by atoms with Crippen molar-refractivity contribution in [3.63, 3.8) is 0 Å². The van der Waals surface area contributed by atoms with Crippen LogP contribution in [0.5, 0.6) is 0 Å². The van der Waals surface area contributed by atoms with E-state index in [9.17, 15) is 13.2 Å². The second-order valence-corrected chi connectivity index (χ2v) is 7.14. The van der Waals surface area contributed by atoms with Gasteiger partial charge in [0.15, 0.2) is 0 Å². The summed E-state index contributed by atoms with van der Waals surface area (Å²) in [6.45, 7) is 3.84. The highest BCUT2D eigenvalue weighted by molar-refractivity contribution is 7.92. The lowest BCUT2D eigenvalue weighted by Gasteiger charge is -2.08. The Labute approximate surface area is 145 Å². The van der Waals surface area contributed by atoms with Gasteiger partial charge in [-0.15, -0.1) is 0 Å². The van der Waals surface area contributed by atoms with E-state index in [0.717, 1.165) is 5.56 Å². The number of nitrogens with one attached hydrogen (secondary N) is 2. The second-order valence-electron chi connectivity index (χ2n) is 5.46. The Morgan fingerprint density at radius 3 is 2.60 bits per heavy atom. The van der Waals surface area contributed by atoms with Gasteiger partial charge in [-0.1, -0.05) is 17.7 Å². The van der Waals surface area contributed by atoms with E-state index in [0.29, 0.717) is 16.7 Å². The SMILES string of the molecule is CCOC(=O)c1nc2ccc(NS(=O)(=O)c3ccc(C)cc3)cc2[nH]1. The van der Waals surface area contributed by atoms with Gasteiger partial charge in [-0.05, 0) is 44.2 Å². The molecule has 0 amide bonds. The number of hydrogen-bond donors (Lipinski definition) is 2. The number of aryl methyl sites for hydroxylation is 1. The Morgan fingerprint density at radius 1 is 1.20 bits per heavy atom. The van der Waals surface area contributed by atoms with E-state index in [1.807, 2.05) is 6.92 Å². The molecule has 0 spiro atoms. The molecule has 130 valence electrons. The normalized spacial score (nSPS) is 11.4. The van der Waals surface area contributed by atoms with Crippen LogP contribution in [0.4, 0.5) is 5.69 Å². The summed E-state index contributed by atoms with van der Waals surface area (Å²) in [5, 5.41) is 0. The molecule has 0 unspecified atom stereocenters. The summed E-state index contributed by atoms with van der Waals surface area (Å²) in [7, 11) is -3.69. The highest BCUT2D eigenvalue weighted by Crippen LogP contribution is 2.21. The number of aromatic amines is 1. The lowest BCUT2D eigenvalue weighted by Crippen LogP contribution is -2.12. The maximum absolute atomic E-state index is 12.4. The van der Waals surface area contributed by atoms with Crippen LogP contribution in [0.25, 0.3) is 11.0 Å².